The molecule has 2 N–H and O–H groups in total. The van der Waals surface area contributed by atoms with Crippen LogP contribution in [-0.4, -0.2) is 19.9 Å². The summed E-state index contributed by atoms with van der Waals surface area (Å²) in [6.45, 7) is 5.55. The topological polar surface area (TPSA) is 75.3 Å². The monoisotopic (exact) mass is 350 g/mol. The minimum absolute atomic E-state index is 0.0574. The first kappa shape index (κ1) is 17.9. The van der Waals surface area contributed by atoms with Crippen molar-refractivity contribution in [3.8, 4) is 0 Å². The Bertz CT molecular complexity index is 841. The standard InChI is InChI=1S/C17H19FN2O3S/c1-17(2,3)19-16(21)12-8-10-13(11-9-12)24(22,23)20-15-7-5-4-6-14(15)18/h4-11,20H,1-3H3,(H,19,21). The third-order valence-electron chi connectivity index (χ3n) is 3.03. The number of hydrogen-bond acceptors (Lipinski definition) is 3. The highest BCUT2D eigenvalue weighted by Gasteiger charge is 2.18. The predicted molar refractivity (Wildman–Crippen MR) is 90.9 cm³/mol. The van der Waals surface area contributed by atoms with Crippen LogP contribution in [0, 0.1) is 5.82 Å². The fraction of sp³-hybridized carbons (Fsp3) is 0.235. The number of halogens is 1. The van der Waals surface area contributed by atoms with Crippen molar-refractivity contribution in [2.24, 2.45) is 0 Å². The molecule has 2 aromatic rings. The van der Waals surface area contributed by atoms with Crippen molar-refractivity contribution in [1.29, 1.82) is 0 Å². The van der Waals surface area contributed by atoms with Gasteiger partial charge >= 0.3 is 0 Å². The quantitative estimate of drug-likeness (QED) is 0.889. The number of anilines is 1. The van der Waals surface area contributed by atoms with Gasteiger partial charge in [0.05, 0.1) is 10.6 Å². The van der Waals surface area contributed by atoms with Gasteiger partial charge in [-0.25, -0.2) is 12.8 Å². The molecule has 24 heavy (non-hydrogen) atoms. The Morgan fingerprint density at radius 3 is 2.12 bits per heavy atom. The third kappa shape index (κ3) is 4.55. The highest BCUT2D eigenvalue weighted by molar-refractivity contribution is 7.92. The van der Waals surface area contributed by atoms with E-state index >= 15 is 0 Å². The lowest BCUT2D eigenvalue weighted by atomic mass is 10.1. The van der Waals surface area contributed by atoms with E-state index in [9.17, 15) is 17.6 Å². The molecule has 0 heterocycles. The average Bonchev–Trinajstić information content (AvgIpc) is 2.48. The number of para-hydroxylation sites is 1. The first-order valence-corrected chi connectivity index (χ1v) is 8.77. The molecule has 2 rings (SSSR count). The van der Waals surface area contributed by atoms with Crippen LogP contribution in [0.2, 0.25) is 0 Å². The lowest BCUT2D eigenvalue weighted by molar-refractivity contribution is 0.0919. The number of sulfonamides is 1. The number of hydrogen-bond donors (Lipinski definition) is 2. The maximum absolute atomic E-state index is 13.6. The maximum Gasteiger partial charge on any atom is 0.261 e. The molecule has 0 unspecified atom stereocenters. The van der Waals surface area contributed by atoms with E-state index in [0.717, 1.165) is 6.07 Å². The second kappa shape index (κ2) is 6.60. The van der Waals surface area contributed by atoms with Gasteiger partial charge in [0.2, 0.25) is 0 Å². The Hall–Kier alpha value is -2.41. The van der Waals surface area contributed by atoms with Gasteiger partial charge in [-0.15, -0.1) is 0 Å². The number of nitrogens with one attached hydrogen (secondary N) is 2. The number of benzene rings is 2. The molecular formula is C17H19FN2O3S. The first-order valence-electron chi connectivity index (χ1n) is 7.28. The molecule has 128 valence electrons. The molecule has 0 atom stereocenters. The smallest absolute Gasteiger partial charge is 0.261 e. The Morgan fingerprint density at radius 2 is 1.58 bits per heavy atom. The van der Waals surface area contributed by atoms with Gasteiger partial charge in [0.25, 0.3) is 15.9 Å². The highest BCUT2D eigenvalue weighted by Crippen LogP contribution is 2.19. The summed E-state index contributed by atoms with van der Waals surface area (Å²) in [5.41, 5.74) is -0.185. The van der Waals surface area contributed by atoms with Crippen LogP contribution in [0.3, 0.4) is 0 Å². The Balaban J connectivity index is 2.21. The molecule has 1 amide bonds. The molecule has 0 aliphatic rings. The average molecular weight is 350 g/mol. The van der Waals surface area contributed by atoms with Crippen molar-refractivity contribution in [3.63, 3.8) is 0 Å². The highest BCUT2D eigenvalue weighted by atomic mass is 32.2. The van der Waals surface area contributed by atoms with Gasteiger partial charge in [-0.05, 0) is 57.2 Å². The fourth-order valence-corrected chi connectivity index (χ4v) is 3.01. The molecule has 0 saturated carbocycles. The molecule has 0 fully saturated rings. The maximum atomic E-state index is 13.6. The van der Waals surface area contributed by atoms with Crippen molar-refractivity contribution >= 4 is 21.6 Å². The Labute approximate surface area is 141 Å². The molecule has 0 aliphatic carbocycles. The summed E-state index contributed by atoms with van der Waals surface area (Å²) >= 11 is 0. The van der Waals surface area contributed by atoms with E-state index in [1.54, 1.807) is 0 Å². The molecule has 0 aromatic heterocycles. The second-order valence-corrected chi connectivity index (χ2v) is 8.00. The molecule has 0 spiro atoms. The SMILES string of the molecule is CC(C)(C)NC(=O)c1ccc(S(=O)(=O)Nc2ccccc2F)cc1. The molecule has 7 heteroatoms. The van der Waals surface area contributed by atoms with Crippen LogP contribution in [0.15, 0.2) is 53.4 Å². The summed E-state index contributed by atoms with van der Waals surface area (Å²) in [6, 6.07) is 10.9. The van der Waals surface area contributed by atoms with Crippen molar-refractivity contribution < 1.29 is 17.6 Å². The van der Waals surface area contributed by atoms with E-state index in [1.165, 1.54) is 42.5 Å². The van der Waals surface area contributed by atoms with E-state index in [2.05, 4.69) is 10.0 Å². The summed E-state index contributed by atoms with van der Waals surface area (Å²) in [6.07, 6.45) is 0. The summed E-state index contributed by atoms with van der Waals surface area (Å²) < 4.78 is 40.3. The van der Waals surface area contributed by atoms with Gasteiger partial charge in [0, 0.05) is 11.1 Å². The van der Waals surface area contributed by atoms with Crippen molar-refractivity contribution in [3.05, 3.63) is 59.9 Å². The lowest BCUT2D eigenvalue weighted by Gasteiger charge is -2.20. The second-order valence-electron chi connectivity index (χ2n) is 6.31. The fourth-order valence-electron chi connectivity index (χ4n) is 1.95. The Morgan fingerprint density at radius 1 is 1.00 bits per heavy atom. The zero-order valence-corrected chi connectivity index (χ0v) is 14.4. The Kier molecular flexibility index (Phi) is 4.94. The lowest BCUT2D eigenvalue weighted by Crippen LogP contribution is -2.40. The van der Waals surface area contributed by atoms with Crippen LogP contribution in [0.25, 0.3) is 0 Å². The van der Waals surface area contributed by atoms with Gasteiger partial charge in [0.1, 0.15) is 5.82 Å². The van der Waals surface area contributed by atoms with E-state index in [4.69, 9.17) is 0 Å². The molecule has 5 nitrogen and oxygen atoms in total. The number of carbonyl (C=O) groups excluding carboxylic acids is 1. The van der Waals surface area contributed by atoms with Gasteiger partial charge in [-0.2, -0.15) is 0 Å². The van der Waals surface area contributed by atoms with Crippen LogP contribution >= 0.6 is 0 Å². The van der Waals surface area contributed by atoms with Gasteiger partial charge in [-0.1, -0.05) is 12.1 Å². The van der Waals surface area contributed by atoms with Crippen molar-refractivity contribution in [1.82, 2.24) is 5.32 Å². The van der Waals surface area contributed by atoms with Gasteiger partial charge < -0.3 is 5.32 Å². The molecule has 0 saturated heterocycles. The summed E-state index contributed by atoms with van der Waals surface area (Å²) in [7, 11) is -3.94. The summed E-state index contributed by atoms with van der Waals surface area (Å²) in [5.74, 6) is -0.962. The minimum atomic E-state index is -3.94. The minimum Gasteiger partial charge on any atom is -0.347 e. The van der Waals surface area contributed by atoms with Crippen LogP contribution in [0.5, 0.6) is 0 Å². The summed E-state index contributed by atoms with van der Waals surface area (Å²) in [5, 5.41) is 2.79. The number of carbonyl (C=O) groups is 1. The van der Waals surface area contributed by atoms with Crippen molar-refractivity contribution in [2.45, 2.75) is 31.2 Å². The van der Waals surface area contributed by atoms with Crippen LogP contribution in [0.4, 0.5) is 10.1 Å². The van der Waals surface area contributed by atoms with E-state index < -0.39 is 21.4 Å². The zero-order valence-electron chi connectivity index (χ0n) is 13.6. The van der Waals surface area contributed by atoms with Crippen LogP contribution < -0.4 is 10.0 Å². The largest absolute Gasteiger partial charge is 0.347 e. The molecule has 0 aliphatic heterocycles. The van der Waals surface area contributed by atoms with E-state index in [0.29, 0.717) is 5.56 Å². The number of amides is 1. The van der Waals surface area contributed by atoms with E-state index in [-0.39, 0.29) is 16.5 Å². The molecule has 0 radical (unpaired) electrons. The van der Waals surface area contributed by atoms with Gasteiger partial charge in [0.15, 0.2) is 0 Å². The first-order chi connectivity index (χ1) is 11.1. The third-order valence-corrected chi connectivity index (χ3v) is 4.41. The van der Waals surface area contributed by atoms with Crippen LogP contribution in [0.1, 0.15) is 31.1 Å². The molecule has 0 bridgehead atoms. The molecular weight excluding hydrogens is 331 g/mol. The normalized spacial score (nSPS) is 11.8. The number of rotatable bonds is 4. The zero-order chi connectivity index (χ0) is 18.0. The summed E-state index contributed by atoms with van der Waals surface area (Å²) in [4.78, 5) is 12.0. The van der Waals surface area contributed by atoms with E-state index in [1.807, 2.05) is 20.8 Å². The van der Waals surface area contributed by atoms with Crippen LogP contribution in [-0.2, 0) is 10.0 Å². The van der Waals surface area contributed by atoms with Gasteiger partial charge in [-0.3, -0.25) is 9.52 Å². The predicted octanol–water partition coefficient (Wildman–Crippen LogP) is 3.15. The molecule has 2 aromatic carbocycles. The van der Waals surface area contributed by atoms with Crippen molar-refractivity contribution in [2.75, 3.05) is 4.72 Å².